The van der Waals surface area contributed by atoms with E-state index in [-0.39, 0.29) is 36.7 Å². The highest BCUT2D eigenvalue weighted by atomic mass is 19.1. The molecule has 0 spiro atoms. The monoisotopic (exact) mass is 427 g/mol. The molecule has 0 radical (unpaired) electrons. The van der Waals surface area contributed by atoms with Crippen molar-refractivity contribution in [3.05, 3.63) is 77.6 Å². The number of methoxy groups -OCH3 is 1. The van der Waals surface area contributed by atoms with Crippen LogP contribution in [0, 0.1) is 5.82 Å². The molecule has 31 heavy (non-hydrogen) atoms. The molecule has 166 valence electrons. The van der Waals surface area contributed by atoms with E-state index < -0.39 is 18.2 Å². The Kier molecular flexibility index (Phi) is 7.46. The van der Waals surface area contributed by atoms with Gasteiger partial charge in [-0.3, -0.25) is 4.79 Å². The second kappa shape index (κ2) is 10.1. The van der Waals surface area contributed by atoms with E-state index in [1.165, 1.54) is 19.2 Å². The van der Waals surface area contributed by atoms with Crippen LogP contribution in [0.25, 0.3) is 0 Å². The van der Waals surface area contributed by atoms with Crippen LogP contribution >= 0.6 is 0 Å². The van der Waals surface area contributed by atoms with Crippen LogP contribution in [0.2, 0.25) is 0 Å². The van der Waals surface area contributed by atoms with E-state index in [1.54, 1.807) is 18.2 Å². The fourth-order valence-corrected chi connectivity index (χ4v) is 4.32. The fraction of sp³-hybridized carbons (Fsp3) is 0.400. The van der Waals surface area contributed by atoms with Gasteiger partial charge in [-0.1, -0.05) is 42.5 Å². The molecule has 0 fully saturated rings. The molecule has 5 nitrogen and oxygen atoms in total. The number of carbonyl (C=O) groups is 1. The van der Waals surface area contributed by atoms with Gasteiger partial charge in [0.25, 0.3) is 0 Å². The first kappa shape index (κ1) is 23.0. The van der Waals surface area contributed by atoms with Crippen LogP contribution in [0.15, 0.2) is 60.7 Å². The van der Waals surface area contributed by atoms with Crippen molar-refractivity contribution in [2.75, 3.05) is 12.0 Å². The highest BCUT2D eigenvalue weighted by Crippen LogP contribution is 2.46. The topological polar surface area (TPSA) is 70.0 Å². The van der Waals surface area contributed by atoms with Crippen LogP contribution in [0.4, 0.5) is 10.1 Å². The van der Waals surface area contributed by atoms with Crippen molar-refractivity contribution < 1.29 is 24.1 Å². The number of halogens is 1. The minimum atomic E-state index is -0.984. The summed E-state index contributed by atoms with van der Waals surface area (Å²) in [5.41, 5.74) is 3.26. The molecule has 2 N–H and O–H groups in total. The summed E-state index contributed by atoms with van der Waals surface area (Å²) in [4.78, 5) is 13.6. The third kappa shape index (κ3) is 5.32. The molecule has 4 atom stereocenters. The Morgan fingerprint density at radius 3 is 2.48 bits per heavy atom. The number of benzene rings is 2. The Labute approximate surface area is 182 Å². The number of ether oxygens (including phenoxy) is 1. The minimum absolute atomic E-state index is 0.0253. The number of carbonyl (C=O) groups excluding carboxylic acids is 1. The highest BCUT2D eigenvalue weighted by molar-refractivity contribution is 5.69. The third-order valence-corrected chi connectivity index (χ3v) is 5.67. The van der Waals surface area contributed by atoms with Gasteiger partial charge in [0, 0.05) is 24.1 Å². The van der Waals surface area contributed by atoms with Crippen LogP contribution in [-0.4, -0.2) is 47.6 Å². The number of hydrogen-bond donors (Lipinski definition) is 2. The molecule has 0 saturated carbocycles. The number of fused-ring (bicyclic) bond motifs is 1. The van der Waals surface area contributed by atoms with Crippen LogP contribution in [0.3, 0.4) is 0 Å². The Hall–Kier alpha value is -2.70. The Morgan fingerprint density at radius 1 is 1.16 bits per heavy atom. The lowest BCUT2D eigenvalue weighted by Gasteiger charge is -2.32. The lowest BCUT2D eigenvalue weighted by atomic mass is 9.87. The van der Waals surface area contributed by atoms with Gasteiger partial charge in [-0.2, -0.15) is 0 Å². The van der Waals surface area contributed by atoms with Gasteiger partial charge in [0.05, 0.1) is 31.8 Å². The van der Waals surface area contributed by atoms with Gasteiger partial charge in [0.1, 0.15) is 5.82 Å². The van der Waals surface area contributed by atoms with Gasteiger partial charge in [0.15, 0.2) is 0 Å². The number of aliphatic hydroxyl groups excluding tert-OH is 2. The number of nitrogens with zero attached hydrogens (tertiary/aromatic N) is 1. The number of esters is 1. The van der Waals surface area contributed by atoms with Gasteiger partial charge in [-0.05, 0) is 43.2 Å². The first-order valence-corrected chi connectivity index (χ1v) is 10.6. The van der Waals surface area contributed by atoms with Crippen molar-refractivity contribution >= 4 is 11.7 Å². The summed E-state index contributed by atoms with van der Waals surface area (Å²) in [6, 6.07) is 14.8. The molecule has 2 aromatic rings. The van der Waals surface area contributed by atoms with Crippen molar-refractivity contribution in [1.82, 2.24) is 0 Å². The average Bonchev–Trinajstić information content (AvgIpc) is 3.07. The van der Waals surface area contributed by atoms with Gasteiger partial charge in [0.2, 0.25) is 0 Å². The Morgan fingerprint density at radius 2 is 1.84 bits per heavy atom. The molecular formula is C25H30FNO4. The van der Waals surface area contributed by atoms with Crippen LogP contribution in [0.5, 0.6) is 0 Å². The SMILES string of the molecule is COC(=O)C[C@H](O)C[C@H](O)/C=C\[C@@H]1[C@@H](c2ccc(F)cc2)c2ccccc2N1C(C)C. The summed E-state index contributed by atoms with van der Waals surface area (Å²) in [5.74, 6) is -0.822. The largest absolute Gasteiger partial charge is 0.469 e. The first-order valence-electron chi connectivity index (χ1n) is 10.6. The summed E-state index contributed by atoms with van der Waals surface area (Å²) in [6.07, 6.45) is 1.60. The van der Waals surface area contributed by atoms with E-state index in [0.717, 1.165) is 16.8 Å². The highest BCUT2D eigenvalue weighted by Gasteiger charge is 2.38. The Balaban J connectivity index is 1.88. The molecule has 0 aromatic heterocycles. The lowest BCUT2D eigenvalue weighted by Crippen LogP contribution is -2.38. The molecule has 3 rings (SSSR count). The summed E-state index contributed by atoms with van der Waals surface area (Å²) >= 11 is 0. The average molecular weight is 428 g/mol. The van der Waals surface area contributed by atoms with Crippen molar-refractivity contribution in [3.63, 3.8) is 0 Å². The smallest absolute Gasteiger partial charge is 0.308 e. The molecule has 1 heterocycles. The third-order valence-electron chi connectivity index (χ3n) is 5.67. The van der Waals surface area contributed by atoms with E-state index in [4.69, 9.17) is 0 Å². The quantitative estimate of drug-likeness (QED) is 0.496. The van der Waals surface area contributed by atoms with Gasteiger partial charge in [-0.25, -0.2) is 4.39 Å². The first-order chi connectivity index (χ1) is 14.8. The maximum absolute atomic E-state index is 13.5. The zero-order chi connectivity index (χ0) is 22.5. The van der Waals surface area contributed by atoms with Gasteiger partial charge >= 0.3 is 5.97 Å². The zero-order valence-corrected chi connectivity index (χ0v) is 18.1. The maximum Gasteiger partial charge on any atom is 0.308 e. The van der Waals surface area contributed by atoms with Gasteiger partial charge < -0.3 is 19.8 Å². The Bertz CT molecular complexity index is 912. The summed E-state index contributed by atoms with van der Waals surface area (Å²) in [7, 11) is 1.26. The van der Waals surface area contributed by atoms with Gasteiger partial charge in [-0.15, -0.1) is 0 Å². The van der Waals surface area contributed by atoms with E-state index in [1.807, 2.05) is 18.2 Å². The lowest BCUT2D eigenvalue weighted by molar-refractivity contribution is -0.143. The predicted octanol–water partition coefficient (Wildman–Crippen LogP) is 3.79. The number of hydrogen-bond acceptors (Lipinski definition) is 5. The van der Waals surface area contributed by atoms with Crippen molar-refractivity contribution in [1.29, 1.82) is 0 Å². The molecule has 0 saturated heterocycles. The van der Waals surface area contributed by atoms with Crippen molar-refractivity contribution in [2.45, 2.75) is 56.9 Å². The summed E-state index contributed by atoms with van der Waals surface area (Å²) < 4.78 is 18.1. The van der Waals surface area contributed by atoms with Crippen molar-refractivity contribution in [2.24, 2.45) is 0 Å². The molecule has 0 unspecified atom stereocenters. The molecule has 0 bridgehead atoms. The molecule has 0 aliphatic carbocycles. The standard InChI is InChI=1S/C25H30FNO4/c1-16(2)27-22-7-5-4-6-21(22)25(17-8-10-18(26)11-9-17)23(27)13-12-19(28)14-20(29)15-24(30)31-3/h4-13,16,19-20,23,25,28-29H,14-15H2,1-3H3/b13-12-/t19-,20-,23-,25+/m1/s1. The van der Waals surface area contributed by atoms with Crippen molar-refractivity contribution in [3.8, 4) is 0 Å². The van der Waals surface area contributed by atoms with E-state index in [0.29, 0.717) is 0 Å². The normalized spacial score (nSPS) is 20.2. The fourth-order valence-electron chi connectivity index (χ4n) is 4.32. The van der Waals surface area contributed by atoms with Crippen LogP contribution < -0.4 is 4.90 Å². The number of rotatable bonds is 8. The summed E-state index contributed by atoms with van der Waals surface area (Å²) in [5, 5.41) is 20.4. The second-order valence-electron chi connectivity index (χ2n) is 8.20. The second-order valence-corrected chi connectivity index (χ2v) is 8.20. The van der Waals surface area contributed by atoms with E-state index in [2.05, 4.69) is 35.6 Å². The van der Waals surface area contributed by atoms with Crippen LogP contribution in [-0.2, 0) is 9.53 Å². The molecular weight excluding hydrogens is 397 g/mol. The molecule has 0 amide bonds. The van der Waals surface area contributed by atoms with E-state index >= 15 is 0 Å². The zero-order valence-electron chi connectivity index (χ0n) is 18.1. The number of anilines is 1. The molecule has 6 heteroatoms. The van der Waals surface area contributed by atoms with E-state index in [9.17, 15) is 19.4 Å². The molecule has 1 aliphatic rings. The molecule has 2 aromatic carbocycles. The number of para-hydroxylation sites is 1. The molecule has 1 aliphatic heterocycles. The predicted molar refractivity (Wildman–Crippen MR) is 118 cm³/mol. The summed E-state index contributed by atoms with van der Waals surface area (Å²) in [6.45, 7) is 4.22. The van der Waals surface area contributed by atoms with Crippen LogP contribution in [0.1, 0.15) is 43.7 Å². The minimum Gasteiger partial charge on any atom is -0.469 e. The number of aliphatic hydroxyl groups is 2. The maximum atomic E-state index is 13.5.